The summed E-state index contributed by atoms with van der Waals surface area (Å²) in [5.74, 6) is 1.24. The summed E-state index contributed by atoms with van der Waals surface area (Å²) in [7, 11) is 0. The van der Waals surface area contributed by atoms with Crippen molar-refractivity contribution in [3.8, 4) is 0 Å². The molecule has 1 saturated carbocycles. The molecule has 1 unspecified atom stereocenters. The van der Waals surface area contributed by atoms with Gasteiger partial charge in [0.15, 0.2) is 0 Å². The van der Waals surface area contributed by atoms with Gasteiger partial charge in [-0.2, -0.15) is 0 Å². The number of hydrogen-bond acceptors (Lipinski definition) is 3. The lowest BCUT2D eigenvalue weighted by Gasteiger charge is -2.38. The summed E-state index contributed by atoms with van der Waals surface area (Å²) < 4.78 is 0. The van der Waals surface area contributed by atoms with E-state index in [1.807, 2.05) is 9.80 Å². The highest BCUT2D eigenvalue weighted by atomic mass is 32.1. The number of amides is 2. The fraction of sp³-hybridized carbons (Fsp3) is 0.571. The predicted octanol–water partition coefficient (Wildman–Crippen LogP) is 5.99. The minimum absolute atomic E-state index is 0.0648. The Bertz CT molecular complexity index is 960. The molecular formula is C28H38N2O2S. The molecule has 2 heterocycles. The Morgan fingerprint density at radius 1 is 1.12 bits per heavy atom. The molecule has 1 fully saturated rings. The smallest absolute Gasteiger partial charge is 0.242 e. The Morgan fingerprint density at radius 2 is 1.88 bits per heavy atom. The molecule has 2 amide bonds. The number of benzene rings is 1. The van der Waals surface area contributed by atoms with Gasteiger partial charge in [0.05, 0.1) is 12.6 Å². The fourth-order valence-electron chi connectivity index (χ4n) is 5.55. The first-order chi connectivity index (χ1) is 15.9. The third-order valence-corrected chi connectivity index (χ3v) is 8.27. The van der Waals surface area contributed by atoms with E-state index >= 15 is 0 Å². The van der Waals surface area contributed by atoms with Gasteiger partial charge in [-0.15, -0.1) is 11.3 Å². The first-order valence-electron chi connectivity index (χ1n) is 12.6. The zero-order chi connectivity index (χ0) is 23.4. The zero-order valence-electron chi connectivity index (χ0n) is 20.4. The SMILES string of the molecule is Cc1ccccc1C1c2ccsc2CCN1C(=O)CN(CC(C)C)C(=O)CCC1CCCC1. The summed E-state index contributed by atoms with van der Waals surface area (Å²) >= 11 is 1.79. The summed E-state index contributed by atoms with van der Waals surface area (Å²) in [5, 5.41) is 2.14. The molecule has 0 spiro atoms. The lowest BCUT2D eigenvalue weighted by molar-refractivity contribution is -0.142. The second kappa shape index (κ2) is 10.9. The van der Waals surface area contributed by atoms with Crippen LogP contribution in [0.4, 0.5) is 0 Å². The van der Waals surface area contributed by atoms with Crippen molar-refractivity contribution in [1.82, 2.24) is 9.80 Å². The van der Waals surface area contributed by atoms with Crippen molar-refractivity contribution in [2.75, 3.05) is 19.6 Å². The highest BCUT2D eigenvalue weighted by Crippen LogP contribution is 2.39. The predicted molar refractivity (Wildman–Crippen MR) is 135 cm³/mol. The number of nitrogens with zero attached hydrogens (tertiary/aromatic N) is 2. The van der Waals surface area contributed by atoms with Crippen LogP contribution < -0.4 is 0 Å². The molecule has 1 aliphatic heterocycles. The van der Waals surface area contributed by atoms with E-state index in [-0.39, 0.29) is 24.4 Å². The minimum atomic E-state index is -0.0665. The maximum atomic E-state index is 13.7. The van der Waals surface area contributed by atoms with Crippen molar-refractivity contribution in [2.24, 2.45) is 11.8 Å². The van der Waals surface area contributed by atoms with Crippen LogP contribution in [0.3, 0.4) is 0 Å². The summed E-state index contributed by atoms with van der Waals surface area (Å²) in [6, 6.07) is 10.5. The molecule has 2 aromatic rings. The van der Waals surface area contributed by atoms with Crippen LogP contribution in [0.2, 0.25) is 0 Å². The fourth-order valence-corrected chi connectivity index (χ4v) is 6.45. The normalized spacial score (nSPS) is 18.5. The molecule has 1 aliphatic carbocycles. The van der Waals surface area contributed by atoms with Gasteiger partial charge in [0.2, 0.25) is 11.8 Å². The lowest BCUT2D eigenvalue weighted by atomic mass is 9.90. The Morgan fingerprint density at radius 3 is 2.61 bits per heavy atom. The van der Waals surface area contributed by atoms with E-state index in [0.717, 1.165) is 12.8 Å². The second-order valence-electron chi connectivity index (χ2n) is 10.3. The maximum Gasteiger partial charge on any atom is 0.242 e. The average Bonchev–Trinajstić information content (AvgIpc) is 3.48. The molecule has 0 N–H and O–H groups in total. The van der Waals surface area contributed by atoms with Crippen molar-refractivity contribution >= 4 is 23.2 Å². The highest BCUT2D eigenvalue weighted by molar-refractivity contribution is 7.10. The van der Waals surface area contributed by atoms with Crippen LogP contribution in [0.15, 0.2) is 35.7 Å². The quantitative estimate of drug-likeness (QED) is 0.480. The average molecular weight is 467 g/mol. The standard InChI is InChI=1S/C28H38N2O2S/c1-20(2)18-29(26(31)13-12-22-9-5-6-10-22)19-27(32)30-16-14-25-24(15-17-33-25)28(30)23-11-7-4-8-21(23)3/h4,7-8,11,15,17,20,22,28H,5-6,9-10,12-14,16,18-19H2,1-3H3. The third-order valence-electron chi connectivity index (χ3n) is 7.27. The van der Waals surface area contributed by atoms with Gasteiger partial charge in [-0.3, -0.25) is 9.59 Å². The molecule has 0 saturated heterocycles. The topological polar surface area (TPSA) is 40.6 Å². The molecule has 4 nitrogen and oxygen atoms in total. The van der Waals surface area contributed by atoms with Crippen molar-refractivity contribution in [3.63, 3.8) is 0 Å². The van der Waals surface area contributed by atoms with Gasteiger partial charge in [-0.25, -0.2) is 0 Å². The molecule has 0 bridgehead atoms. The van der Waals surface area contributed by atoms with Gasteiger partial charge >= 0.3 is 0 Å². The van der Waals surface area contributed by atoms with Crippen LogP contribution >= 0.6 is 11.3 Å². The van der Waals surface area contributed by atoms with Crippen LogP contribution in [-0.2, 0) is 16.0 Å². The lowest BCUT2D eigenvalue weighted by Crippen LogP contribution is -2.47. The van der Waals surface area contributed by atoms with Crippen molar-refractivity contribution in [1.29, 1.82) is 0 Å². The highest BCUT2D eigenvalue weighted by Gasteiger charge is 2.34. The summed E-state index contributed by atoms with van der Waals surface area (Å²) in [6.45, 7) is 7.89. The first-order valence-corrected chi connectivity index (χ1v) is 13.5. The number of carbonyl (C=O) groups excluding carboxylic acids is 2. The van der Waals surface area contributed by atoms with Gasteiger partial charge in [0.1, 0.15) is 0 Å². The van der Waals surface area contributed by atoms with Crippen LogP contribution in [0.5, 0.6) is 0 Å². The second-order valence-corrected chi connectivity index (χ2v) is 11.3. The van der Waals surface area contributed by atoms with E-state index < -0.39 is 0 Å². The molecule has 1 aromatic heterocycles. The molecule has 1 atom stereocenters. The Balaban J connectivity index is 1.52. The van der Waals surface area contributed by atoms with E-state index in [9.17, 15) is 9.59 Å². The van der Waals surface area contributed by atoms with E-state index in [2.05, 4.69) is 56.5 Å². The van der Waals surface area contributed by atoms with Gasteiger partial charge in [0.25, 0.3) is 0 Å². The van der Waals surface area contributed by atoms with Crippen LogP contribution in [0.25, 0.3) is 0 Å². The van der Waals surface area contributed by atoms with Crippen LogP contribution in [0, 0.1) is 18.8 Å². The molecule has 1 aromatic carbocycles. The summed E-state index contributed by atoms with van der Waals surface area (Å²) in [6.07, 6.45) is 7.53. The Labute approximate surface area is 203 Å². The van der Waals surface area contributed by atoms with Crippen molar-refractivity contribution in [2.45, 2.75) is 71.8 Å². The van der Waals surface area contributed by atoms with Gasteiger partial charge in [0, 0.05) is 24.4 Å². The van der Waals surface area contributed by atoms with E-state index in [1.54, 1.807) is 11.3 Å². The van der Waals surface area contributed by atoms with Crippen LogP contribution in [0.1, 0.15) is 80.0 Å². The molecule has 33 heavy (non-hydrogen) atoms. The number of rotatable bonds is 8. The molecule has 5 heteroatoms. The van der Waals surface area contributed by atoms with E-state index in [1.165, 1.54) is 47.3 Å². The Hall–Kier alpha value is -2.14. The largest absolute Gasteiger partial charge is 0.333 e. The van der Waals surface area contributed by atoms with Crippen molar-refractivity contribution in [3.05, 3.63) is 57.3 Å². The molecular weight excluding hydrogens is 428 g/mol. The van der Waals surface area contributed by atoms with Crippen LogP contribution in [-0.4, -0.2) is 41.2 Å². The van der Waals surface area contributed by atoms with Gasteiger partial charge in [-0.05, 0) is 59.7 Å². The van der Waals surface area contributed by atoms with Gasteiger partial charge in [-0.1, -0.05) is 63.8 Å². The monoisotopic (exact) mass is 466 g/mol. The maximum absolute atomic E-state index is 13.7. The number of hydrogen-bond donors (Lipinski definition) is 0. The Kier molecular flexibility index (Phi) is 7.90. The van der Waals surface area contributed by atoms with Crippen molar-refractivity contribution < 1.29 is 9.59 Å². The molecule has 4 rings (SSSR count). The van der Waals surface area contributed by atoms with Gasteiger partial charge < -0.3 is 9.80 Å². The zero-order valence-corrected chi connectivity index (χ0v) is 21.2. The van der Waals surface area contributed by atoms with E-state index in [0.29, 0.717) is 31.3 Å². The molecule has 2 aliphatic rings. The van der Waals surface area contributed by atoms with E-state index in [4.69, 9.17) is 0 Å². The number of fused-ring (bicyclic) bond motifs is 1. The minimum Gasteiger partial charge on any atom is -0.333 e. The summed E-state index contributed by atoms with van der Waals surface area (Å²) in [5.41, 5.74) is 3.64. The molecule has 178 valence electrons. The number of carbonyl (C=O) groups is 2. The summed E-state index contributed by atoms with van der Waals surface area (Å²) in [4.78, 5) is 32.1. The number of thiophene rings is 1. The first kappa shape index (κ1) is 24.0. The number of aryl methyl sites for hydroxylation is 1. The third kappa shape index (κ3) is 5.68. The molecule has 0 radical (unpaired) electrons.